The van der Waals surface area contributed by atoms with Gasteiger partial charge in [-0.2, -0.15) is 0 Å². The Bertz CT molecular complexity index is 984. The molecule has 0 radical (unpaired) electrons. The van der Waals surface area contributed by atoms with Gasteiger partial charge in [0.2, 0.25) is 6.04 Å². The van der Waals surface area contributed by atoms with Crippen molar-refractivity contribution in [1.82, 2.24) is 4.90 Å². The Labute approximate surface area is 213 Å². The summed E-state index contributed by atoms with van der Waals surface area (Å²) in [5, 5.41) is 24.3. The van der Waals surface area contributed by atoms with Crippen molar-refractivity contribution >= 4 is 0 Å². The molecule has 7 heteroatoms. The molecule has 36 heavy (non-hydrogen) atoms. The Morgan fingerprint density at radius 2 is 1.47 bits per heavy atom. The first-order valence-electron chi connectivity index (χ1n) is 13.4. The second-order valence-corrected chi connectivity index (χ2v) is 10.8. The van der Waals surface area contributed by atoms with Crippen LogP contribution < -0.4 is 0 Å². The molecule has 3 aliphatic rings. The Balaban J connectivity index is 1.45. The van der Waals surface area contributed by atoms with Crippen molar-refractivity contribution in [3.8, 4) is 0 Å². The first-order chi connectivity index (χ1) is 17.5. The molecule has 1 heterocycles. The summed E-state index contributed by atoms with van der Waals surface area (Å²) >= 11 is 0. The molecule has 2 saturated carbocycles. The van der Waals surface area contributed by atoms with E-state index >= 15 is 0 Å². The lowest BCUT2D eigenvalue weighted by Crippen LogP contribution is -2.74. The van der Waals surface area contributed by atoms with Gasteiger partial charge >= 0.3 is 0 Å². The summed E-state index contributed by atoms with van der Waals surface area (Å²) in [6.45, 7) is 2.82. The van der Waals surface area contributed by atoms with E-state index in [1.54, 1.807) is 0 Å². The highest BCUT2D eigenvalue weighted by Crippen LogP contribution is 2.45. The minimum Gasteiger partial charge on any atom is -0.388 e. The molecular weight excluding hydrogens is 456 g/mol. The van der Waals surface area contributed by atoms with Gasteiger partial charge < -0.3 is 14.6 Å². The van der Waals surface area contributed by atoms with E-state index in [1.807, 2.05) is 60.7 Å². The average molecular weight is 495 g/mol. The lowest BCUT2D eigenvalue weighted by atomic mass is 9.67. The number of nitrogens with zero attached hydrogens (tertiary/aromatic N) is 2. The van der Waals surface area contributed by atoms with Crippen molar-refractivity contribution < 1.29 is 19.5 Å². The van der Waals surface area contributed by atoms with E-state index < -0.39 is 30.4 Å². The van der Waals surface area contributed by atoms with Gasteiger partial charge in [0.1, 0.15) is 18.2 Å². The third-order valence-corrected chi connectivity index (χ3v) is 8.50. The van der Waals surface area contributed by atoms with Crippen LogP contribution in [0.5, 0.6) is 0 Å². The zero-order valence-electron chi connectivity index (χ0n) is 21.0. The summed E-state index contributed by atoms with van der Waals surface area (Å²) in [6, 6.07) is 18.7. The van der Waals surface area contributed by atoms with E-state index in [9.17, 15) is 15.2 Å². The number of hydrogen-bond acceptors (Lipinski definition) is 6. The summed E-state index contributed by atoms with van der Waals surface area (Å²) in [4.78, 5) is 14.7. The summed E-state index contributed by atoms with van der Waals surface area (Å²) in [5.41, 5.74) is 2.01. The normalized spacial score (nSPS) is 33.3. The van der Waals surface area contributed by atoms with E-state index in [-0.39, 0.29) is 22.9 Å². The Hall–Kier alpha value is -2.32. The number of rotatable bonds is 8. The number of ether oxygens (including phenoxy) is 2. The van der Waals surface area contributed by atoms with Gasteiger partial charge in [0.15, 0.2) is 0 Å². The van der Waals surface area contributed by atoms with Crippen LogP contribution in [0, 0.1) is 16.0 Å². The molecule has 7 nitrogen and oxygen atoms in total. The van der Waals surface area contributed by atoms with E-state index in [0.717, 1.165) is 36.8 Å². The fraction of sp³-hybridized carbons (Fsp3) is 0.586. The van der Waals surface area contributed by atoms with Gasteiger partial charge in [-0.25, -0.2) is 0 Å². The summed E-state index contributed by atoms with van der Waals surface area (Å²) < 4.78 is 12.8. The third-order valence-electron chi connectivity index (χ3n) is 8.50. The molecule has 0 amide bonds. The predicted molar refractivity (Wildman–Crippen MR) is 137 cm³/mol. The van der Waals surface area contributed by atoms with Crippen LogP contribution in [0.1, 0.15) is 56.6 Å². The van der Waals surface area contributed by atoms with Gasteiger partial charge in [-0.1, -0.05) is 79.9 Å². The molecule has 0 aromatic heterocycles. The van der Waals surface area contributed by atoms with Gasteiger partial charge in [0, 0.05) is 17.0 Å². The van der Waals surface area contributed by atoms with Gasteiger partial charge in [0.05, 0.1) is 25.2 Å². The Morgan fingerprint density at radius 3 is 2.03 bits per heavy atom. The number of piperidine rings is 1. The SMILES string of the molecule is CC1C[C@H]2[C@H](OCc3ccccc3)[C@H](OCc3ccccc3)[C@H](O)[C@H]([C@H]2[N+](=O)[O-])N1C1CCCCC1. The summed E-state index contributed by atoms with van der Waals surface area (Å²) in [7, 11) is 0. The third kappa shape index (κ3) is 5.21. The van der Waals surface area contributed by atoms with Crippen LogP contribution in [0.3, 0.4) is 0 Å². The van der Waals surface area contributed by atoms with Crippen molar-refractivity contribution in [1.29, 1.82) is 0 Å². The van der Waals surface area contributed by atoms with Crippen LogP contribution in [-0.4, -0.2) is 57.4 Å². The monoisotopic (exact) mass is 494 g/mol. The van der Waals surface area contributed by atoms with Crippen molar-refractivity contribution in [2.75, 3.05) is 0 Å². The lowest BCUT2D eigenvalue weighted by Gasteiger charge is -2.57. The smallest absolute Gasteiger partial charge is 0.236 e. The second-order valence-electron chi connectivity index (χ2n) is 10.8. The minimum absolute atomic E-state index is 0.145. The van der Waals surface area contributed by atoms with Crippen LogP contribution in [-0.2, 0) is 22.7 Å². The van der Waals surface area contributed by atoms with E-state index in [4.69, 9.17) is 9.47 Å². The second kappa shape index (κ2) is 11.4. The molecule has 1 unspecified atom stereocenters. The van der Waals surface area contributed by atoms with Crippen LogP contribution in [0.25, 0.3) is 0 Å². The van der Waals surface area contributed by atoms with Crippen LogP contribution in [0.2, 0.25) is 0 Å². The molecule has 7 atom stereocenters. The maximum Gasteiger partial charge on any atom is 0.236 e. The van der Waals surface area contributed by atoms with Crippen LogP contribution >= 0.6 is 0 Å². The highest BCUT2D eigenvalue weighted by Gasteiger charge is 2.63. The number of aliphatic hydroxyl groups excluding tert-OH is 1. The van der Waals surface area contributed by atoms with Gasteiger partial charge in [-0.15, -0.1) is 0 Å². The first kappa shape index (κ1) is 25.3. The zero-order chi connectivity index (χ0) is 25.1. The van der Waals surface area contributed by atoms with Crippen LogP contribution in [0.4, 0.5) is 0 Å². The van der Waals surface area contributed by atoms with E-state index in [2.05, 4.69) is 11.8 Å². The highest BCUT2D eigenvalue weighted by molar-refractivity contribution is 5.16. The topological polar surface area (TPSA) is 85.1 Å². The Morgan fingerprint density at radius 1 is 0.917 bits per heavy atom. The number of fused-ring (bicyclic) bond motifs is 2. The maximum atomic E-state index is 12.5. The molecule has 2 aromatic carbocycles. The van der Waals surface area contributed by atoms with Crippen LogP contribution in [0.15, 0.2) is 60.7 Å². The summed E-state index contributed by atoms with van der Waals surface area (Å²) in [5.74, 6) is -0.326. The van der Waals surface area contributed by atoms with Gasteiger partial charge in [-0.3, -0.25) is 15.0 Å². The molecule has 1 saturated heterocycles. The van der Waals surface area contributed by atoms with Gasteiger partial charge in [-0.05, 0) is 37.3 Å². The van der Waals surface area contributed by atoms with E-state index in [1.165, 1.54) is 6.42 Å². The maximum absolute atomic E-state index is 12.5. The zero-order valence-corrected chi connectivity index (χ0v) is 21.0. The molecule has 1 aliphatic heterocycles. The van der Waals surface area contributed by atoms with Crippen molar-refractivity contribution in [2.45, 2.75) is 101 Å². The van der Waals surface area contributed by atoms with Crippen molar-refractivity contribution in [2.24, 2.45) is 5.92 Å². The number of hydrogen-bond donors (Lipinski definition) is 1. The predicted octanol–water partition coefficient (Wildman–Crippen LogP) is 4.59. The number of aliphatic hydroxyl groups is 1. The molecule has 0 spiro atoms. The fourth-order valence-corrected chi connectivity index (χ4v) is 6.93. The minimum atomic E-state index is -1.01. The molecule has 3 fully saturated rings. The summed E-state index contributed by atoms with van der Waals surface area (Å²) in [6.07, 6.45) is 4.01. The Kier molecular flexibility index (Phi) is 8.01. The molecule has 1 N–H and O–H groups in total. The lowest BCUT2D eigenvalue weighted by molar-refractivity contribution is -0.558. The average Bonchev–Trinajstić information content (AvgIpc) is 2.90. The van der Waals surface area contributed by atoms with E-state index in [0.29, 0.717) is 19.6 Å². The number of likely N-dealkylation sites (tertiary alicyclic amines) is 1. The highest BCUT2D eigenvalue weighted by atomic mass is 16.6. The molecule has 2 bridgehead atoms. The first-order valence-corrected chi connectivity index (χ1v) is 13.4. The quantitative estimate of drug-likeness (QED) is 0.427. The number of benzene rings is 2. The molecule has 194 valence electrons. The molecular formula is C29H38N2O5. The fourth-order valence-electron chi connectivity index (χ4n) is 6.93. The molecule has 5 rings (SSSR count). The largest absolute Gasteiger partial charge is 0.388 e. The number of nitro groups is 1. The molecule has 2 aromatic rings. The molecule has 2 aliphatic carbocycles. The van der Waals surface area contributed by atoms with Crippen molar-refractivity contribution in [3.63, 3.8) is 0 Å². The van der Waals surface area contributed by atoms with Crippen molar-refractivity contribution in [3.05, 3.63) is 81.9 Å². The van der Waals surface area contributed by atoms with Gasteiger partial charge in [0.25, 0.3) is 0 Å². The standard InChI is InChI=1S/C29H38N2O5/c1-20-17-24-25(31(33)34)26(30(20)23-15-9-4-10-16-23)27(32)29(36-19-22-13-7-3-8-14-22)28(24)35-18-21-11-5-2-6-12-21/h2-3,5-8,11-14,20,23-29,32H,4,9-10,15-19H2,1H3/t20?,24-,25+,26+,27-,28+,29-/m1/s1.